The zero-order valence-electron chi connectivity index (χ0n) is 16.9. The molecular formula is C18H26F3IN6O2. The molecular weight excluding hydrogens is 516 g/mol. The third-order valence-corrected chi connectivity index (χ3v) is 3.96. The minimum atomic E-state index is -4.40. The normalized spacial score (nSPS) is 12.8. The number of aromatic nitrogens is 3. The Labute approximate surface area is 190 Å². The summed E-state index contributed by atoms with van der Waals surface area (Å²) in [5.74, 6) is 1.57. The number of aliphatic hydroxyl groups excluding tert-OH is 1. The second-order valence-corrected chi connectivity index (χ2v) is 6.34. The number of guanidine groups is 1. The first-order chi connectivity index (χ1) is 13.7. The van der Waals surface area contributed by atoms with Gasteiger partial charge in [-0.2, -0.15) is 18.3 Å². The maximum absolute atomic E-state index is 12.6. The number of halogens is 4. The van der Waals surface area contributed by atoms with Gasteiger partial charge in [-0.25, -0.2) is 4.98 Å². The molecule has 12 heteroatoms. The Morgan fingerprint density at radius 3 is 2.53 bits per heavy atom. The van der Waals surface area contributed by atoms with E-state index in [2.05, 4.69) is 20.4 Å². The molecule has 0 radical (unpaired) electrons. The number of nitrogens with zero attached hydrogens (tertiary/aromatic N) is 5. The topological polar surface area (TPSA) is 87.8 Å². The van der Waals surface area contributed by atoms with E-state index in [-0.39, 0.29) is 42.9 Å². The van der Waals surface area contributed by atoms with Crippen LogP contribution in [0.15, 0.2) is 35.6 Å². The summed E-state index contributed by atoms with van der Waals surface area (Å²) in [4.78, 5) is 10.4. The van der Waals surface area contributed by atoms with Crippen LogP contribution in [0.4, 0.5) is 13.2 Å². The maximum atomic E-state index is 12.6. The van der Waals surface area contributed by atoms with Crippen molar-refractivity contribution in [1.82, 2.24) is 25.0 Å². The van der Waals surface area contributed by atoms with Crippen LogP contribution in [0, 0.1) is 0 Å². The van der Waals surface area contributed by atoms with Gasteiger partial charge in [0.05, 0.1) is 18.7 Å². The fourth-order valence-corrected chi connectivity index (χ4v) is 2.40. The van der Waals surface area contributed by atoms with Gasteiger partial charge in [-0.05, 0) is 31.2 Å². The standard InChI is InChI=1S/C18H25F3N6O2.HI/c1-4-22-17(26(2)10-16-24-12-25-27(16)3)23-9-14(28)11-29-15-7-5-13(6-8-15)18(19,20)21;/h5-8,12,14,28H,4,9-11H2,1-3H3,(H,22,23);1H. The van der Waals surface area contributed by atoms with Crippen molar-refractivity contribution in [2.24, 2.45) is 12.0 Å². The second-order valence-electron chi connectivity index (χ2n) is 6.34. The average molecular weight is 542 g/mol. The maximum Gasteiger partial charge on any atom is 0.416 e. The third-order valence-electron chi connectivity index (χ3n) is 3.96. The summed E-state index contributed by atoms with van der Waals surface area (Å²) < 4.78 is 44.7. The summed E-state index contributed by atoms with van der Waals surface area (Å²) in [5, 5.41) is 17.3. The molecule has 1 aromatic heterocycles. The average Bonchev–Trinajstić information content (AvgIpc) is 3.07. The second kappa shape index (κ2) is 11.9. The smallest absolute Gasteiger partial charge is 0.416 e. The van der Waals surface area contributed by atoms with Crippen molar-refractivity contribution in [3.8, 4) is 5.75 Å². The molecule has 1 atom stereocenters. The number of aliphatic hydroxyl groups is 1. The van der Waals surface area contributed by atoms with Crippen LogP contribution in [-0.4, -0.2) is 63.6 Å². The van der Waals surface area contributed by atoms with Gasteiger partial charge in [0.1, 0.15) is 30.6 Å². The lowest BCUT2D eigenvalue weighted by Crippen LogP contribution is -2.39. The van der Waals surface area contributed by atoms with Crippen molar-refractivity contribution in [2.75, 3.05) is 26.7 Å². The van der Waals surface area contributed by atoms with Crippen molar-refractivity contribution in [1.29, 1.82) is 0 Å². The molecule has 0 spiro atoms. The van der Waals surface area contributed by atoms with E-state index in [4.69, 9.17) is 4.74 Å². The zero-order valence-corrected chi connectivity index (χ0v) is 19.3. The number of benzene rings is 1. The molecule has 8 nitrogen and oxygen atoms in total. The fourth-order valence-electron chi connectivity index (χ4n) is 2.40. The Balaban J connectivity index is 0.00000450. The molecule has 168 valence electrons. The highest BCUT2D eigenvalue weighted by atomic mass is 127. The first-order valence-corrected chi connectivity index (χ1v) is 9.01. The molecule has 1 unspecified atom stereocenters. The number of aliphatic imine (C=N–C) groups is 1. The number of aryl methyl sites for hydroxylation is 1. The van der Waals surface area contributed by atoms with Crippen LogP contribution in [0.5, 0.6) is 5.75 Å². The van der Waals surface area contributed by atoms with Crippen molar-refractivity contribution < 1.29 is 23.0 Å². The SMILES string of the molecule is CCNC(=NCC(O)COc1ccc(C(F)(F)F)cc1)N(C)Cc1ncnn1C.I. The van der Waals surface area contributed by atoms with Crippen molar-refractivity contribution in [2.45, 2.75) is 25.7 Å². The molecule has 2 aromatic rings. The van der Waals surface area contributed by atoms with Gasteiger partial charge in [0.15, 0.2) is 5.96 Å². The fraction of sp³-hybridized carbons (Fsp3) is 0.500. The van der Waals surface area contributed by atoms with Crippen molar-refractivity contribution in [3.05, 3.63) is 42.0 Å². The first kappa shape index (κ1) is 25.9. The lowest BCUT2D eigenvalue weighted by atomic mass is 10.2. The molecule has 1 heterocycles. The summed E-state index contributed by atoms with van der Waals surface area (Å²) in [6.07, 6.45) is -3.85. The third kappa shape index (κ3) is 7.97. The van der Waals surface area contributed by atoms with E-state index in [9.17, 15) is 18.3 Å². The molecule has 0 aliphatic carbocycles. The van der Waals surface area contributed by atoms with E-state index in [1.807, 2.05) is 18.9 Å². The Morgan fingerprint density at radius 2 is 2.00 bits per heavy atom. The molecule has 2 rings (SSSR count). The predicted molar refractivity (Wildman–Crippen MR) is 117 cm³/mol. The summed E-state index contributed by atoms with van der Waals surface area (Å²) >= 11 is 0. The van der Waals surface area contributed by atoms with Crippen LogP contribution in [0.1, 0.15) is 18.3 Å². The van der Waals surface area contributed by atoms with Crippen LogP contribution in [0.2, 0.25) is 0 Å². The molecule has 0 saturated heterocycles. The quantitative estimate of drug-likeness (QED) is 0.303. The van der Waals surface area contributed by atoms with Gasteiger partial charge in [0.2, 0.25) is 0 Å². The Morgan fingerprint density at radius 1 is 1.33 bits per heavy atom. The molecule has 0 amide bonds. The molecule has 0 bridgehead atoms. The van der Waals surface area contributed by atoms with Crippen LogP contribution in [0.3, 0.4) is 0 Å². The highest BCUT2D eigenvalue weighted by molar-refractivity contribution is 14.0. The number of ether oxygens (including phenoxy) is 1. The predicted octanol–water partition coefficient (Wildman–Crippen LogP) is 2.29. The van der Waals surface area contributed by atoms with Crippen LogP contribution < -0.4 is 10.1 Å². The largest absolute Gasteiger partial charge is 0.491 e. The molecule has 30 heavy (non-hydrogen) atoms. The van der Waals surface area contributed by atoms with Crippen LogP contribution >= 0.6 is 24.0 Å². The van der Waals surface area contributed by atoms with Gasteiger partial charge in [-0.15, -0.1) is 24.0 Å². The Bertz CT molecular complexity index is 798. The van der Waals surface area contributed by atoms with E-state index in [1.54, 1.807) is 11.7 Å². The molecule has 0 saturated carbocycles. The monoisotopic (exact) mass is 542 g/mol. The number of alkyl halides is 3. The summed E-state index contributed by atoms with van der Waals surface area (Å²) in [5.41, 5.74) is -0.753. The van der Waals surface area contributed by atoms with Crippen LogP contribution in [-0.2, 0) is 19.8 Å². The summed E-state index contributed by atoms with van der Waals surface area (Å²) in [7, 11) is 3.63. The first-order valence-electron chi connectivity index (χ1n) is 9.01. The highest BCUT2D eigenvalue weighted by Crippen LogP contribution is 2.30. The van der Waals surface area contributed by atoms with Crippen molar-refractivity contribution in [3.63, 3.8) is 0 Å². The van der Waals surface area contributed by atoms with Gasteiger partial charge >= 0.3 is 6.18 Å². The zero-order chi connectivity index (χ0) is 21.4. The lowest BCUT2D eigenvalue weighted by Gasteiger charge is -2.22. The van der Waals surface area contributed by atoms with E-state index in [0.29, 0.717) is 19.0 Å². The minimum absolute atomic E-state index is 0. The van der Waals surface area contributed by atoms with E-state index in [1.165, 1.54) is 18.5 Å². The highest BCUT2D eigenvalue weighted by Gasteiger charge is 2.30. The number of hydrogen-bond acceptors (Lipinski definition) is 5. The molecule has 0 aliphatic heterocycles. The molecule has 2 N–H and O–H groups in total. The van der Waals surface area contributed by atoms with Crippen LogP contribution in [0.25, 0.3) is 0 Å². The van der Waals surface area contributed by atoms with E-state index < -0.39 is 17.8 Å². The molecule has 0 aliphatic rings. The van der Waals surface area contributed by atoms with Gasteiger partial charge < -0.3 is 20.1 Å². The Hall–Kier alpha value is -2.09. The van der Waals surface area contributed by atoms with Gasteiger partial charge in [0.25, 0.3) is 0 Å². The summed E-state index contributed by atoms with van der Waals surface area (Å²) in [6, 6.07) is 4.31. The van der Waals surface area contributed by atoms with Crippen molar-refractivity contribution >= 4 is 29.9 Å². The number of hydrogen-bond donors (Lipinski definition) is 2. The van der Waals surface area contributed by atoms with E-state index in [0.717, 1.165) is 18.0 Å². The van der Waals surface area contributed by atoms with Gasteiger partial charge in [-0.1, -0.05) is 0 Å². The number of nitrogens with one attached hydrogen (secondary N) is 1. The molecule has 0 fully saturated rings. The van der Waals surface area contributed by atoms with Gasteiger partial charge in [0, 0.05) is 20.6 Å². The number of rotatable bonds is 8. The molecule has 1 aromatic carbocycles. The summed E-state index contributed by atoms with van der Waals surface area (Å²) in [6.45, 7) is 3.00. The van der Waals surface area contributed by atoms with Gasteiger partial charge in [-0.3, -0.25) is 9.67 Å². The lowest BCUT2D eigenvalue weighted by molar-refractivity contribution is -0.137. The Kier molecular flexibility index (Phi) is 10.3. The minimum Gasteiger partial charge on any atom is -0.491 e. The van der Waals surface area contributed by atoms with E-state index >= 15 is 0 Å².